The summed E-state index contributed by atoms with van der Waals surface area (Å²) in [6, 6.07) is 8.69. The first-order chi connectivity index (χ1) is 8.15. The average Bonchev–Trinajstić information content (AvgIpc) is 2.30. The lowest BCUT2D eigenvalue weighted by Crippen LogP contribution is -1.99. The van der Waals surface area contributed by atoms with Crippen molar-refractivity contribution >= 4 is 7.60 Å². The number of rotatable bonds is 6. The van der Waals surface area contributed by atoms with Crippen LogP contribution in [0.2, 0.25) is 0 Å². The van der Waals surface area contributed by atoms with Crippen molar-refractivity contribution in [3.63, 3.8) is 0 Å². The number of nitrogens with zero attached hydrogens (tertiary/aromatic N) is 1. The Morgan fingerprint density at radius 3 is 2.35 bits per heavy atom. The Hall–Kier alpha value is -1.22. The molecule has 0 saturated carbocycles. The van der Waals surface area contributed by atoms with Crippen LogP contribution in [0.3, 0.4) is 0 Å². The van der Waals surface area contributed by atoms with E-state index in [1.54, 1.807) is 24.3 Å². The highest BCUT2D eigenvalue weighted by atomic mass is 31.2. The monoisotopic (exact) mass is 257 g/mol. The van der Waals surface area contributed by atoms with Crippen LogP contribution in [0.1, 0.15) is 11.1 Å². The van der Waals surface area contributed by atoms with Crippen LogP contribution in [0, 0.1) is 11.3 Å². The molecule has 0 N–H and O–H groups in total. The van der Waals surface area contributed by atoms with Crippen molar-refractivity contribution in [2.24, 2.45) is 0 Å². The van der Waals surface area contributed by atoms with E-state index < -0.39 is 7.60 Å². The Balaban J connectivity index is 2.94. The lowest BCUT2D eigenvalue weighted by Gasteiger charge is -2.14. The molecule has 0 aromatic heterocycles. The van der Waals surface area contributed by atoms with Gasteiger partial charge in [0.15, 0.2) is 0 Å². The highest BCUT2D eigenvalue weighted by Crippen LogP contribution is 2.51. The second kappa shape index (κ2) is 6.50. The summed E-state index contributed by atoms with van der Waals surface area (Å²) in [7, 11) is -1.16. The summed E-state index contributed by atoms with van der Waals surface area (Å²) in [5.74, 6) is 0. The van der Waals surface area contributed by atoms with E-state index in [1.165, 1.54) is 14.2 Å². The minimum Gasteiger partial charge on any atom is -0.255 e. The molecule has 0 aliphatic carbocycles. The fourth-order valence-corrected chi connectivity index (χ4v) is 2.55. The summed E-state index contributed by atoms with van der Waals surface area (Å²) in [5, 5.41) is 8.89. The maximum Gasteiger partial charge on any atom is 0.388 e. The molecule has 0 heterocycles. The first kappa shape index (κ1) is 13.8. The van der Waals surface area contributed by atoms with Gasteiger partial charge < -0.3 is 0 Å². The molecule has 0 saturated heterocycles. The molecule has 0 radical (unpaired) electrons. The summed E-state index contributed by atoms with van der Waals surface area (Å²) in [6.07, 6.45) is -0.113. The quantitative estimate of drug-likeness (QED) is 0.442. The van der Waals surface area contributed by atoms with Crippen molar-refractivity contribution in [1.29, 1.82) is 5.26 Å². The first-order valence-electron chi connectivity index (χ1n) is 4.67. The maximum atomic E-state index is 12.0. The molecule has 1 aromatic rings. The van der Waals surface area contributed by atoms with E-state index in [2.05, 4.69) is 19.1 Å². The van der Waals surface area contributed by atoms with E-state index in [0.717, 1.165) is 0 Å². The largest absolute Gasteiger partial charge is 0.388 e. The Kier molecular flexibility index (Phi) is 5.29. The van der Waals surface area contributed by atoms with Crippen LogP contribution in [-0.2, 0) is 29.9 Å². The zero-order chi connectivity index (χ0) is 12.7. The second-order valence-electron chi connectivity index (χ2n) is 3.02. The second-order valence-corrected chi connectivity index (χ2v) is 4.86. The molecule has 0 fully saturated rings. The Morgan fingerprint density at radius 1 is 1.24 bits per heavy atom. The van der Waals surface area contributed by atoms with Gasteiger partial charge in [-0.15, -0.1) is 9.35 Å². The van der Waals surface area contributed by atoms with Gasteiger partial charge in [-0.25, -0.2) is 9.78 Å². The topological polar surface area (TPSA) is 77.8 Å². The van der Waals surface area contributed by atoms with Gasteiger partial charge in [0.1, 0.15) is 0 Å². The molecule has 0 spiro atoms. The molecule has 0 atom stereocenters. The molecule has 17 heavy (non-hydrogen) atoms. The fraction of sp³-hybridized carbons (Fsp3) is 0.300. The summed E-state index contributed by atoms with van der Waals surface area (Å²) in [4.78, 5) is 8.71. The van der Waals surface area contributed by atoms with E-state index >= 15 is 0 Å². The molecule has 6 nitrogen and oxygen atoms in total. The number of benzene rings is 1. The van der Waals surface area contributed by atoms with E-state index in [4.69, 9.17) is 5.26 Å². The van der Waals surface area contributed by atoms with Crippen LogP contribution in [-0.4, -0.2) is 14.2 Å². The summed E-state index contributed by atoms with van der Waals surface area (Å²) in [5.41, 5.74) is 0.930. The molecule has 1 rings (SSSR count). The van der Waals surface area contributed by atoms with Crippen molar-refractivity contribution in [1.82, 2.24) is 0 Å². The molecule has 7 heteroatoms. The van der Waals surface area contributed by atoms with E-state index in [1.807, 2.05) is 6.07 Å². The third kappa shape index (κ3) is 3.93. The van der Waals surface area contributed by atoms with Crippen molar-refractivity contribution in [3.8, 4) is 6.07 Å². The number of hydrogen-bond donors (Lipinski definition) is 0. The minimum absolute atomic E-state index is 0.113. The molecule has 0 aliphatic rings. The van der Waals surface area contributed by atoms with E-state index in [9.17, 15) is 4.57 Å². The number of nitriles is 1. The predicted octanol–water partition coefficient (Wildman–Crippen LogP) is 2.41. The van der Waals surface area contributed by atoms with Gasteiger partial charge >= 0.3 is 7.60 Å². The van der Waals surface area contributed by atoms with Gasteiger partial charge in [-0.1, -0.05) is 18.2 Å². The summed E-state index contributed by atoms with van der Waals surface area (Å²) >= 11 is 0. The van der Waals surface area contributed by atoms with Gasteiger partial charge in [0.2, 0.25) is 0 Å². The average molecular weight is 257 g/mol. The van der Waals surface area contributed by atoms with Crippen LogP contribution in [0.15, 0.2) is 24.3 Å². The first-order valence-corrected chi connectivity index (χ1v) is 6.40. The zero-order valence-electron chi connectivity index (χ0n) is 9.45. The van der Waals surface area contributed by atoms with Gasteiger partial charge in [-0.2, -0.15) is 5.26 Å². The summed E-state index contributed by atoms with van der Waals surface area (Å²) < 4.78 is 21.2. The highest BCUT2D eigenvalue weighted by molar-refractivity contribution is 7.52. The van der Waals surface area contributed by atoms with Crippen LogP contribution < -0.4 is 0 Å². The maximum absolute atomic E-state index is 12.0. The van der Waals surface area contributed by atoms with Crippen molar-refractivity contribution in [2.45, 2.75) is 6.16 Å². The molecule has 0 aliphatic heterocycles. The normalized spacial score (nSPS) is 11.1. The van der Waals surface area contributed by atoms with Gasteiger partial charge in [0, 0.05) is 0 Å². The third-order valence-electron chi connectivity index (χ3n) is 1.88. The lowest BCUT2D eigenvalue weighted by atomic mass is 10.1. The molecule has 92 valence electrons. The third-order valence-corrected chi connectivity index (χ3v) is 3.36. The molecule has 1 aromatic carbocycles. The lowest BCUT2D eigenvalue weighted by molar-refractivity contribution is -0.242. The van der Waals surface area contributed by atoms with Crippen LogP contribution >= 0.6 is 7.60 Å². The fourth-order valence-electron chi connectivity index (χ4n) is 1.27. The van der Waals surface area contributed by atoms with Gasteiger partial charge in [0.25, 0.3) is 0 Å². The zero-order valence-corrected chi connectivity index (χ0v) is 10.3. The smallest absolute Gasteiger partial charge is 0.255 e. The molecular weight excluding hydrogens is 245 g/mol. The van der Waals surface area contributed by atoms with Crippen molar-refractivity contribution in [2.75, 3.05) is 14.2 Å². The van der Waals surface area contributed by atoms with Gasteiger partial charge in [-0.05, 0) is 11.6 Å². The van der Waals surface area contributed by atoms with Gasteiger partial charge in [0.05, 0.1) is 32.0 Å². The number of hydrogen-bond acceptors (Lipinski definition) is 6. The summed E-state index contributed by atoms with van der Waals surface area (Å²) in [6.45, 7) is 0. The van der Waals surface area contributed by atoms with Crippen molar-refractivity contribution < 1.29 is 23.7 Å². The van der Waals surface area contributed by atoms with E-state index in [-0.39, 0.29) is 6.16 Å². The van der Waals surface area contributed by atoms with Crippen LogP contribution in [0.5, 0.6) is 0 Å². The Morgan fingerprint density at radius 2 is 1.82 bits per heavy atom. The van der Waals surface area contributed by atoms with Crippen LogP contribution in [0.25, 0.3) is 0 Å². The van der Waals surface area contributed by atoms with Crippen LogP contribution in [0.4, 0.5) is 0 Å². The minimum atomic E-state index is -3.58. The van der Waals surface area contributed by atoms with Gasteiger partial charge in [-0.3, -0.25) is 4.57 Å². The van der Waals surface area contributed by atoms with E-state index in [0.29, 0.717) is 11.1 Å². The Labute approximate surface area is 99.1 Å². The predicted molar refractivity (Wildman–Crippen MR) is 58.7 cm³/mol. The SMILES string of the molecule is COOP(=O)(Cc1ccccc1C#N)OOC. The highest BCUT2D eigenvalue weighted by Gasteiger charge is 2.28. The molecular formula is C10H12NO5P. The van der Waals surface area contributed by atoms with Crippen molar-refractivity contribution in [3.05, 3.63) is 35.4 Å². The molecule has 0 unspecified atom stereocenters. The Bertz CT molecular complexity index is 446. The molecule has 0 bridgehead atoms. The molecule has 0 amide bonds. The standard InChI is InChI=1S/C10H12NO5P/c1-13-15-17(12,16-14-2)8-10-6-4-3-5-9(10)7-11/h3-6H,8H2,1-2H3.